The van der Waals surface area contributed by atoms with E-state index in [-0.39, 0.29) is 5.56 Å². The topological polar surface area (TPSA) is 96.4 Å². The molecular formula is C17H19N3O2. The number of para-hydroxylation sites is 2. The van der Waals surface area contributed by atoms with Crippen molar-refractivity contribution in [2.24, 2.45) is 0 Å². The second kappa shape index (κ2) is 6.87. The summed E-state index contributed by atoms with van der Waals surface area (Å²) in [4.78, 5) is 18.5. The number of aromatic carboxylic acids is 1. The molecule has 114 valence electrons. The second-order valence-electron chi connectivity index (χ2n) is 5.33. The number of carboxylic acids is 1. The van der Waals surface area contributed by atoms with E-state index in [0.717, 1.165) is 11.0 Å². The lowest BCUT2D eigenvalue weighted by Gasteiger charge is -2.07. The van der Waals surface area contributed by atoms with Gasteiger partial charge in [0.1, 0.15) is 5.82 Å². The first-order valence-electron chi connectivity index (χ1n) is 7.07. The Balaban J connectivity index is 0.000000396. The van der Waals surface area contributed by atoms with Crippen LogP contribution in [0.3, 0.4) is 0 Å². The third-order valence-electron chi connectivity index (χ3n) is 2.79. The summed E-state index contributed by atoms with van der Waals surface area (Å²) in [7, 11) is 0. The van der Waals surface area contributed by atoms with E-state index in [1.54, 1.807) is 18.2 Å². The maximum absolute atomic E-state index is 11.1. The molecule has 0 bridgehead atoms. The Labute approximate surface area is 128 Å². The van der Waals surface area contributed by atoms with E-state index in [2.05, 4.69) is 29.5 Å². The highest BCUT2D eigenvalue weighted by Gasteiger charge is 2.09. The largest absolute Gasteiger partial charge is 0.545 e. The number of nitrogens with zero attached hydrogens (tertiary/aromatic N) is 1. The first-order chi connectivity index (χ1) is 10.5. The minimum atomic E-state index is -1.20. The number of carboxylic acid groups (broad SMARTS) is 1. The summed E-state index contributed by atoms with van der Waals surface area (Å²) in [6.07, 6.45) is 0. The molecule has 0 spiro atoms. The number of benzene rings is 2. The molecule has 2 aromatic carbocycles. The number of hydrogen-bond donors (Lipinski definition) is 2. The van der Waals surface area contributed by atoms with Gasteiger partial charge in [0.05, 0.1) is 23.0 Å². The number of aromatic amines is 1. The minimum absolute atomic E-state index is 0.136. The fourth-order valence-corrected chi connectivity index (χ4v) is 1.95. The standard InChI is InChI=1S/C14H10N2O2.C3H9N/c17-14(18)10-6-2-1-5-9(10)13-15-11-7-3-4-8-12(11)16-13;1-3(2)4/h1-8H,(H,15,16)(H,17,18);3H,4H2,1-2H3. The molecule has 0 aliphatic rings. The fourth-order valence-electron chi connectivity index (χ4n) is 1.95. The van der Waals surface area contributed by atoms with Crippen LogP contribution in [-0.2, 0) is 0 Å². The second-order valence-corrected chi connectivity index (χ2v) is 5.33. The van der Waals surface area contributed by atoms with E-state index >= 15 is 0 Å². The summed E-state index contributed by atoms with van der Waals surface area (Å²) < 4.78 is 0. The van der Waals surface area contributed by atoms with Gasteiger partial charge >= 0.3 is 0 Å². The number of hydrogen-bond acceptors (Lipinski definition) is 3. The first kappa shape index (κ1) is 15.7. The van der Waals surface area contributed by atoms with Crippen molar-refractivity contribution in [3.8, 4) is 11.4 Å². The molecule has 0 saturated heterocycles. The molecule has 0 unspecified atom stereocenters. The van der Waals surface area contributed by atoms with Crippen molar-refractivity contribution in [2.75, 3.05) is 0 Å². The molecule has 0 amide bonds. The number of nitrogens with one attached hydrogen (secondary N) is 1. The Bertz CT molecular complexity index is 742. The Morgan fingerprint density at radius 1 is 1.14 bits per heavy atom. The molecule has 5 heteroatoms. The van der Waals surface area contributed by atoms with Gasteiger partial charge < -0.3 is 20.6 Å². The summed E-state index contributed by atoms with van der Waals surface area (Å²) in [6.45, 7) is 4.11. The molecule has 4 N–H and O–H groups in total. The van der Waals surface area contributed by atoms with Crippen LogP contribution in [0, 0.1) is 0 Å². The van der Waals surface area contributed by atoms with Crippen LogP contribution in [0.15, 0.2) is 48.5 Å². The number of imidazole rings is 1. The highest BCUT2D eigenvalue weighted by atomic mass is 16.4. The van der Waals surface area contributed by atoms with Crippen molar-refractivity contribution in [1.82, 2.24) is 9.97 Å². The molecule has 0 saturated carbocycles. The SMILES string of the molecule is CC(C)[NH3+].O=C([O-])c1ccccc1-c1nc2ccccc2[nH]1. The lowest BCUT2D eigenvalue weighted by Crippen LogP contribution is -2.57. The Morgan fingerprint density at radius 3 is 2.36 bits per heavy atom. The zero-order valence-electron chi connectivity index (χ0n) is 12.7. The fraction of sp³-hybridized carbons (Fsp3) is 0.176. The number of quaternary nitrogens is 1. The van der Waals surface area contributed by atoms with Crippen LogP contribution >= 0.6 is 0 Å². The smallest absolute Gasteiger partial charge is 0.139 e. The van der Waals surface area contributed by atoms with Crippen molar-refractivity contribution in [3.05, 3.63) is 54.1 Å². The molecule has 5 nitrogen and oxygen atoms in total. The van der Waals surface area contributed by atoms with Gasteiger partial charge in [0.15, 0.2) is 0 Å². The third kappa shape index (κ3) is 3.71. The lowest BCUT2D eigenvalue weighted by molar-refractivity contribution is -0.407. The van der Waals surface area contributed by atoms with Crippen molar-refractivity contribution < 1.29 is 15.6 Å². The monoisotopic (exact) mass is 297 g/mol. The average molecular weight is 297 g/mol. The number of fused-ring (bicyclic) bond motifs is 1. The van der Waals surface area contributed by atoms with Gasteiger partial charge in [-0.3, -0.25) is 0 Å². The summed E-state index contributed by atoms with van der Waals surface area (Å²) in [6, 6.07) is 14.8. The number of H-pyrrole nitrogens is 1. The number of carbonyl (C=O) groups is 1. The molecule has 3 aromatic rings. The Hall–Kier alpha value is -2.66. The molecule has 0 aliphatic carbocycles. The van der Waals surface area contributed by atoms with Gasteiger partial charge in [-0.1, -0.05) is 36.4 Å². The lowest BCUT2D eigenvalue weighted by atomic mass is 10.1. The van der Waals surface area contributed by atoms with E-state index in [1.807, 2.05) is 24.3 Å². The van der Waals surface area contributed by atoms with Crippen LogP contribution in [0.4, 0.5) is 0 Å². The van der Waals surface area contributed by atoms with Crippen molar-refractivity contribution in [2.45, 2.75) is 19.9 Å². The van der Waals surface area contributed by atoms with Crippen molar-refractivity contribution in [3.63, 3.8) is 0 Å². The average Bonchev–Trinajstić information content (AvgIpc) is 2.90. The summed E-state index contributed by atoms with van der Waals surface area (Å²) in [5.74, 6) is -0.665. The van der Waals surface area contributed by atoms with Gasteiger partial charge in [0, 0.05) is 11.1 Å². The molecule has 1 heterocycles. The van der Waals surface area contributed by atoms with Gasteiger partial charge in [-0.15, -0.1) is 0 Å². The summed E-state index contributed by atoms with van der Waals surface area (Å²) in [5, 5.41) is 11.1. The maximum Gasteiger partial charge on any atom is 0.139 e. The van der Waals surface area contributed by atoms with Crippen molar-refractivity contribution >= 4 is 17.0 Å². The zero-order valence-corrected chi connectivity index (χ0v) is 12.7. The zero-order chi connectivity index (χ0) is 16.1. The first-order valence-corrected chi connectivity index (χ1v) is 7.07. The number of rotatable bonds is 2. The van der Waals surface area contributed by atoms with Crippen LogP contribution in [-0.4, -0.2) is 22.0 Å². The Morgan fingerprint density at radius 2 is 1.73 bits per heavy atom. The molecule has 0 fully saturated rings. The van der Waals surface area contributed by atoms with Gasteiger partial charge in [0.25, 0.3) is 0 Å². The van der Waals surface area contributed by atoms with Crippen LogP contribution in [0.5, 0.6) is 0 Å². The summed E-state index contributed by atoms with van der Waals surface area (Å²) >= 11 is 0. The van der Waals surface area contributed by atoms with E-state index < -0.39 is 5.97 Å². The highest BCUT2D eigenvalue weighted by Crippen LogP contribution is 2.23. The van der Waals surface area contributed by atoms with Gasteiger partial charge in [-0.25, -0.2) is 4.98 Å². The molecule has 0 aliphatic heterocycles. The predicted octanol–water partition coefficient (Wildman–Crippen LogP) is 1.23. The quantitative estimate of drug-likeness (QED) is 0.744. The van der Waals surface area contributed by atoms with Crippen LogP contribution in [0.2, 0.25) is 0 Å². The van der Waals surface area contributed by atoms with Crippen LogP contribution in [0.25, 0.3) is 22.4 Å². The normalized spacial score (nSPS) is 10.4. The number of carbonyl (C=O) groups excluding carboxylic acids is 1. The molecule has 22 heavy (non-hydrogen) atoms. The van der Waals surface area contributed by atoms with Crippen molar-refractivity contribution in [1.29, 1.82) is 0 Å². The van der Waals surface area contributed by atoms with E-state index in [4.69, 9.17) is 0 Å². The summed E-state index contributed by atoms with van der Waals surface area (Å²) in [5.41, 5.74) is 5.99. The van der Waals surface area contributed by atoms with E-state index in [9.17, 15) is 9.90 Å². The van der Waals surface area contributed by atoms with Gasteiger partial charge in [0.2, 0.25) is 0 Å². The van der Waals surface area contributed by atoms with Crippen LogP contribution < -0.4 is 10.8 Å². The van der Waals surface area contributed by atoms with E-state index in [1.165, 1.54) is 6.07 Å². The van der Waals surface area contributed by atoms with Gasteiger partial charge in [-0.2, -0.15) is 0 Å². The number of aromatic nitrogens is 2. The minimum Gasteiger partial charge on any atom is -0.545 e. The molecule has 3 rings (SSSR count). The predicted molar refractivity (Wildman–Crippen MR) is 83.9 cm³/mol. The maximum atomic E-state index is 11.1. The molecule has 1 aromatic heterocycles. The van der Waals surface area contributed by atoms with Crippen LogP contribution in [0.1, 0.15) is 24.2 Å². The molecule has 0 radical (unpaired) electrons. The molecule has 0 atom stereocenters. The third-order valence-corrected chi connectivity index (χ3v) is 2.79. The highest BCUT2D eigenvalue weighted by molar-refractivity contribution is 5.94. The molecular weight excluding hydrogens is 278 g/mol. The van der Waals surface area contributed by atoms with Gasteiger partial charge in [-0.05, 0) is 26.0 Å². The van der Waals surface area contributed by atoms with E-state index in [0.29, 0.717) is 17.4 Å². The Kier molecular flexibility index (Phi) is 4.91.